The van der Waals surface area contributed by atoms with Crippen molar-refractivity contribution in [2.24, 2.45) is 5.92 Å². The average molecular weight is 344 g/mol. The van der Waals surface area contributed by atoms with Gasteiger partial charge in [0.25, 0.3) is 0 Å². The maximum Gasteiger partial charge on any atom is 0.547 e. The van der Waals surface area contributed by atoms with Crippen molar-refractivity contribution >= 4 is 24.7 Å². The van der Waals surface area contributed by atoms with E-state index in [0.29, 0.717) is 17.7 Å². The fraction of sp³-hybridized carbons (Fsp3) is 0.471. The highest BCUT2D eigenvalue weighted by molar-refractivity contribution is 6.47. The van der Waals surface area contributed by atoms with Crippen LogP contribution in [0.5, 0.6) is 5.75 Å². The number of nitrogens with one attached hydrogen (secondary N) is 2. The fourth-order valence-corrected chi connectivity index (χ4v) is 2.94. The first-order valence-electron chi connectivity index (χ1n) is 8.50. The van der Waals surface area contributed by atoms with Crippen molar-refractivity contribution in [1.29, 1.82) is 0 Å². The summed E-state index contributed by atoms with van der Waals surface area (Å²) in [6.45, 7) is 1.62. The molecule has 0 saturated heterocycles. The molecule has 1 heterocycles. The van der Waals surface area contributed by atoms with Crippen LogP contribution in [0, 0.1) is 5.92 Å². The Labute approximate surface area is 146 Å². The Morgan fingerprint density at radius 1 is 1.32 bits per heavy atom. The summed E-state index contributed by atoms with van der Waals surface area (Å²) in [4.78, 5) is 35.1. The van der Waals surface area contributed by atoms with E-state index in [0.717, 1.165) is 18.4 Å². The van der Waals surface area contributed by atoms with Crippen LogP contribution in [0.4, 0.5) is 0 Å². The molecule has 3 N–H and O–H groups in total. The summed E-state index contributed by atoms with van der Waals surface area (Å²) in [5.41, 5.74) is 1.30. The first-order valence-corrected chi connectivity index (χ1v) is 8.50. The molecule has 1 aliphatic heterocycles. The van der Waals surface area contributed by atoms with Gasteiger partial charge in [-0.2, -0.15) is 0 Å². The lowest BCUT2D eigenvalue weighted by atomic mass is 9.72. The van der Waals surface area contributed by atoms with Crippen LogP contribution in [0.25, 0.3) is 0 Å². The highest BCUT2D eigenvalue weighted by atomic mass is 16.5. The van der Waals surface area contributed by atoms with Crippen molar-refractivity contribution in [3.63, 3.8) is 0 Å². The number of carbonyl (C=O) groups excluding carboxylic acids is 3. The molecule has 132 valence electrons. The number of fused-ring (bicyclic) bond motifs is 1. The van der Waals surface area contributed by atoms with Gasteiger partial charge in [-0.25, -0.2) is 0 Å². The normalized spacial score (nSPS) is 18.8. The number of benzene rings is 1. The van der Waals surface area contributed by atoms with Crippen LogP contribution in [-0.2, 0) is 16.0 Å². The van der Waals surface area contributed by atoms with E-state index in [2.05, 4.69) is 10.6 Å². The molecule has 1 aromatic rings. The van der Waals surface area contributed by atoms with Crippen molar-refractivity contribution < 1.29 is 24.1 Å². The Hall–Kier alpha value is -2.35. The van der Waals surface area contributed by atoms with Gasteiger partial charge >= 0.3 is 7.12 Å². The SMILES string of the molecule is CC(=O)NCCC(=O)N[C@H]1Cc2cccc(C(=O)C3CC3)c2OB1O. The van der Waals surface area contributed by atoms with E-state index >= 15 is 0 Å². The van der Waals surface area contributed by atoms with Gasteiger partial charge in [-0.15, -0.1) is 0 Å². The van der Waals surface area contributed by atoms with Gasteiger partial charge in [-0.1, -0.05) is 12.1 Å². The third-order valence-electron chi connectivity index (χ3n) is 4.41. The molecule has 3 rings (SSSR count). The molecule has 8 heteroatoms. The molecule has 0 spiro atoms. The van der Waals surface area contributed by atoms with E-state index in [1.54, 1.807) is 12.1 Å². The number of rotatable bonds is 6. The monoisotopic (exact) mass is 344 g/mol. The molecule has 0 aromatic heterocycles. The minimum Gasteiger partial charge on any atom is -0.534 e. The molecule has 0 bridgehead atoms. The van der Waals surface area contributed by atoms with Crippen molar-refractivity contribution in [3.8, 4) is 5.75 Å². The zero-order valence-corrected chi connectivity index (χ0v) is 14.1. The van der Waals surface area contributed by atoms with Gasteiger partial charge in [0.15, 0.2) is 5.78 Å². The molecule has 1 atom stereocenters. The van der Waals surface area contributed by atoms with Gasteiger partial charge in [0, 0.05) is 25.8 Å². The lowest BCUT2D eigenvalue weighted by Crippen LogP contribution is -2.53. The Kier molecular flexibility index (Phi) is 5.08. The molecule has 1 aliphatic carbocycles. The zero-order valence-electron chi connectivity index (χ0n) is 14.1. The van der Waals surface area contributed by atoms with Crippen molar-refractivity contribution in [1.82, 2.24) is 10.6 Å². The molecule has 7 nitrogen and oxygen atoms in total. The lowest BCUT2D eigenvalue weighted by molar-refractivity contribution is -0.121. The molecule has 25 heavy (non-hydrogen) atoms. The Bertz CT molecular complexity index is 704. The van der Waals surface area contributed by atoms with Crippen LogP contribution in [-0.4, -0.2) is 42.2 Å². The zero-order chi connectivity index (χ0) is 18.0. The van der Waals surface area contributed by atoms with Gasteiger partial charge in [-0.3, -0.25) is 14.4 Å². The molecular formula is C17H21BN2O5. The van der Waals surface area contributed by atoms with Crippen molar-refractivity contribution in [2.75, 3.05) is 6.54 Å². The summed E-state index contributed by atoms with van der Waals surface area (Å²) in [7, 11) is -1.22. The van der Waals surface area contributed by atoms with Crippen LogP contribution in [0.15, 0.2) is 18.2 Å². The molecule has 1 fully saturated rings. The minimum absolute atomic E-state index is 0.0573. The predicted octanol–water partition coefficient (Wildman–Crippen LogP) is 0.245. The van der Waals surface area contributed by atoms with E-state index in [4.69, 9.17) is 4.65 Å². The lowest BCUT2D eigenvalue weighted by Gasteiger charge is -2.29. The van der Waals surface area contributed by atoms with E-state index < -0.39 is 13.1 Å². The molecule has 2 amide bonds. The van der Waals surface area contributed by atoms with Crippen LogP contribution >= 0.6 is 0 Å². The van der Waals surface area contributed by atoms with Crippen LogP contribution in [0.2, 0.25) is 0 Å². The summed E-state index contributed by atoms with van der Waals surface area (Å²) in [6, 6.07) is 5.35. The van der Waals surface area contributed by atoms with Crippen LogP contribution in [0.3, 0.4) is 0 Å². The van der Waals surface area contributed by atoms with Gasteiger partial charge in [0.05, 0.1) is 11.5 Å². The van der Waals surface area contributed by atoms with Gasteiger partial charge in [-0.05, 0) is 30.9 Å². The number of amides is 2. The third-order valence-corrected chi connectivity index (χ3v) is 4.41. The molecule has 0 unspecified atom stereocenters. The largest absolute Gasteiger partial charge is 0.547 e. The standard InChI is InChI=1S/C17H21BN2O5/c1-10(21)19-8-7-15(22)20-14-9-12-3-2-4-13(16(23)11-5-6-11)17(12)25-18(14)24/h2-4,11,14,24H,5-9H2,1H3,(H,19,21)(H,20,22)/t14-/m0/s1. The van der Waals surface area contributed by atoms with E-state index in [9.17, 15) is 19.4 Å². The van der Waals surface area contributed by atoms with E-state index in [-0.39, 0.29) is 36.5 Å². The highest BCUT2D eigenvalue weighted by Crippen LogP contribution is 2.38. The molecule has 1 saturated carbocycles. The summed E-state index contributed by atoms with van der Waals surface area (Å²) in [6.07, 6.45) is 2.31. The Balaban J connectivity index is 1.65. The first-order chi connectivity index (χ1) is 12.0. The smallest absolute Gasteiger partial charge is 0.534 e. The first kappa shape index (κ1) is 17.5. The van der Waals surface area contributed by atoms with Gasteiger partial charge < -0.3 is 20.3 Å². The van der Waals surface area contributed by atoms with Gasteiger partial charge in [0.1, 0.15) is 5.75 Å². The number of ketones is 1. The summed E-state index contributed by atoms with van der Waals surface area (Å²) in [5, 5.41) is 15.5. The van der Waals surface area contributed by atoms with Crippen molar-refractivity contribution in [3.05, 3.63) is 29.3 Å². The highest BCUT2D eigenvalue weighted by Gasteiger charge is 2.39. The predicted molar refractivity (Wildman–Crippen MR) is 91.0 cm³/mol. The second kappa shape index (κ2) is 7.27. The summed E-state index contributed by atoms with van der Waals surface area (Å²) in [5.74, 6) is -0.523. The average Bonchev–Trinajstić information content (AvgIpc) is 3.39. The number of hydrogen-bond donors (Lipinski definition) is 3. The fourth-order valence-electron chi connectivity index (χ4n) is 2.94. The van der Waals surface area contributed by atoms with E-state index in [1.807, 2.05) is 6.07 Å². The molecular weight excluding hydrogens is 323 g/mol. The topological polar surface area (TPSA) is 105 Å². The maximum absolute atomic E-state index is 12.4. The molecule has 2 aliphatic rings. The van der Waals surface area contributed by atoms with Crippen LogP contribution < -0.4 is 15.3 Å². The molecule has 1 aromatic carbocycles. The Morgan fingerprint density at radius 3 is 2.76 bits per heavy atom. The van der Waals surface area contributed by atoms with Crippen molar-refractivity contribution in [2.45, 2.75) is 38.5 Å². The summed E-state index contributed by atoms with van der Waals surface area (Å²) < 4.78 is 5.57. The number of Topliss-reactive ketones (excluding diaryl/α,β-unsaturated/α-hetero) is 1. The quantitative estimate of drug-likeness (QED) is 0.507. The second-order valence-electron chi connectivity index (χ2n) is 6.55. The van der Waals surface area contributed by atoms with Gasteiger partial charge in [0.2, 0.25) is 11.8 Å². The second-order valence-corrected chi connectivity index (χ2v) is 6.55. The summed E-state index contributed by atoms with van der Waals surface area (Å²) >= 11 is 0. The van der Waals surface area contributed by atoms with Crippen LogP contribution in [0.1, 0.15) is 42.1 Å². The number of para-hydroxylation sites is 1. The maximum atomic E-state index is 12.4. The number of hydrogen-bond acceptors (Lipinski definition) is 5. The number of carbonyl (C=O) groups is 3. The Morgan fingerprint density at radius 2 is 2.08 bits per heavy atom. The molecule has 0 radical (unpaired) electrons. The van der Waals surface area contributed by atoms with E-state index in [1.165, 1.54) is 6.92 Å². The minimum atomic E-state index is -1.22. The third kappa shape index (κ3) is 4.20.